The van der Waals surface area contributed by atoms with Crippen LogP contribution in [0.25, 0.3) is 0 Å². The first-order chi connectivity index (χ1) is 13.0. The van der Waals surface area contributed by atoms with Crippen LogP contribution in [0.15, 0.2) is 11.6 Å². The summed E-state index contributed by atoms with van der Waals surface area (Å²) in [4.78, 5) is 36.7. The van der Waals surface area contributed by atoms with Gasteiger partial charge in [-0.15, -0.1) is 11.6 Å². The van der Waals surface area contributed by atoms with Crippen molar-refractivity contribution in [2.24, 2.45) is 28.6 Å². The smallest absolute Gasteiger partial charge is 0.303 e. The van der Waals surface area contributed by atoms with Gasteiger partial charge in [0.2, 0.25) is 0 Å². The Morgan fingerprint density at radius 3 is 2.43 bits per heavy atom. The molecule has 0 bridgehead atoms. The zero-order valence-corrected chi connectivity index (χ0v) is 18.1. The molecule has 0 N–H and O–H groups in total. The number of hydrogen-bond donors (Lipinski definition) is 0. The number of ketones is 2. The van der Waals surface area contributed by atoms with Crippen LogP contribution in [-0.2, 0) is 19.1 Å². The Hall–Kier alpha value is -1.16. The molecule has 3 fully saturated rings. The summed E-state index contributed by atoms with van der Waals surface area (Å²) in [6, 6.07) is 0. The van der Waals surface area contributed by atoms with E-state index in [0.717, 1.165) is 37.7 Å². The lowest BCUT2D eigenvalue weighted by molar-refractivity contribution is -0.187. The third kappa shape index (κ3) is 2.52. The predicted molar refractivity (Wildman–Crippen MR) is 107 cm³/mol. The lowest BCUT2D eigenvalue weighted by Crippen LogP contribution is -2.59. The van der Waals surface area contributed by atoms with Crippen molar-refractivity contribution in [3.05, 3.63) is 11.6 Å². The monoisotopic (exact) mass is 406 g/mol. The van der Waals surface area contributed by atoms with Crippen molar-refractivity contribution in [3.63, 3.8) is 0 Å². The summed E-state index contributed by atoms with van der Waals surface area (Å²) >= 11 is 6.85. The molecule has 28 heavy (non-hydrogen) atoms. The van der Waals surface area contributed by atoms with Crippen LogP contribution in [0.5, 0.6) is 0 Å². The number of carbonyl (C=O) groups is 3. The van der Waals surface area contributed by atoms with Crippen LogP contribution >= 0.6 is 11.6 Å². The van der Waals surface area contributed by atoms with Gasteiger partial charge in [0.25, 0.3) is 0 Å². The fourth-order valence-electron chi connectivity index (χ4n) is 7.62. The summed E-state index contributed by atoms with van der Waals surface area (Å²) in [5, 5.41) is -0.126. The number of halogens is 1. The normalized spacial score (nSPS) is 47.5. The Labute approximate surface area is 172 Å². The van der Waals surface area contributed by atoms with Crippen molar-refractivity contribution in [3.8, 4) is 0 Å². The van der Waals surface area contributed by atoms with Crippen LogP contribution in [-0.4, -0.2) is 28.5 Å². The molecule has 0 radical (unpaired) electrons. The van der Waals surface area contributed by atoms with Gasteiger partial charge in [-0.1, -0.05) is 13.8 Å². The number of alkyl halides is 1. The molecule has 4 rings (SSSR count). The SMILES string of the molecule is CC(=O)O[C@@]1(C(C)=O)CC[C@H]2[C@@H]3C[C@@H](Cl)C4=CC(=O)CC[C@]4(C)[C@H]3CC[C@@]21C. The third-order valence-electron chi connectivity index (χ3n) is 8.94. The number of esters is 1. The fourth-order valence-corrected chi connectivity index (χ4v) is 8.14. The zero-order chi connectivity index (χ0) is 20.5. The first kappa shape index (κ1) is 20.1. The maximum absolute atomic E-state index is 12.8. The highest BCUT2D eigenvalue weighted by atomic mass is 35.5. The number of ether oxygens (including phenoxy) is 1. The second-order valence-corrected chi connectivity index (χ2v) is 10.6. The van der Waals surface area contributed by atoms with Crippen molar-refractivity contribution in [1.82, 2.24) is 0 Å². The number of rotatable bonds is 2. The van der Waals surface area contributed by atoms with E-state index >= 15 is 0 Å². The first-order valence-corrected chi connectivity index (χ1v) is 11.1. The van der Waals surface area contributed by atoms with Crippen LogP contribution in [0.1, 0.15) is 72.6 Å². The molecule has 0 amide bonds. The fraction of sp³-hybridized carbons (Fsp3) is 0.783. The van der Waals surface area contributed by atoms with Crippen molar-refractivity contribution < 1.29 is 19.1 Å². The molecule has 3 saturated carbocycles. The summed E-state index contributed by atoms with van der Waals surface area (Å²) in [6.07, 6.45) is 7.48. The largest absolute Gasteiger partial charge is 0.451 e. The average molecular weight is 407 g/mol. The molecule has 4 aliphatic rings. The summed E-state index contributed by atoms with van der Waals surface area (Å²) in [5.74, 6) is 0.976. The molecule has 0 aliphatic heterocycles. The molecular formula is C23H31ClO4. The molecule has 0 spiro atoms. The molecule has 4 aliphatic carbocycles. The Bertz CT molecular complexity index is 773. The van der Waals surface area contributed by atoms with E-state index in [1.807, 2.05) is 6.08 Å². The van der Waals surface area contributed by atoms with Crippen molar-refractivity contribution in [2.75, 3.05) is 0 Å². The number of carbonyl (C=O) groups excluding carboxylic acids is 3. The van der Waals surface area contributed by atoms with Gasteiger partial charge in [-0.25, -0.2) is 0 Å². The van der Waals surface area contributed by atoms with Gasteiger partial charge >= 0.3 is 5.97 Å². The Morgan fingerprint density at radius 2 is 1.79 bits per heavy atom. The van der Waals surface area contributed by atoms with E-state index in [4.69, 9.17) is 16.3 Å². The van der Waals surface area contributed by atoms with Gasteiger partial charge in [0.15, 0.2) is 17.2 Å². The van der Waals surface area contributed by atoms with E-state index in [2.05, 4.69) is 13.8 Å². The molecule has 0 aromatic heterocycles. The topological polar surface area (TPSA) is 60.4 Å². The highest BCUT2D eigenvalue weighted by Crippen LogP contribution is 2.68. The number of hydrogen-bond acceptors (Lipinski definition) is 4. The minimum absolute atomic E-state index is 0.0283. The maximum atomic E-state index is 12.8. The molecule has 4 nitrogen and oxygen atoms in total. The molecule has 0 saturated heterocycles. The van der Waals surface area contributed by atoms with Gasteiger partial charge in [-0.2, -0.15) is 0 Å². The lowest BCUT2D eigenvalue weighted by atomic mass is 9.46. The van der Waals surface area contributed by atoms with E-state index in [1.54, 1.807) is 6.92 Å². The van der Waals surface area contributed by atoms with Crippen molar-refractivity contribution in [1.29, 1.82) is 0 Å². The summed E-state index contributed by atoms with van der Waals surface area (Å²) in [5.41, 5.74) is -0.251. The van der Waals surface area contributed by atoms with Gasteiger partial charge in [-0.3, -0.25) is 14.4 Å². The first-order valence-electron chi connectivity index (χ1n) is 10.6. The molecule has 5 heteroatoms. The van der Waals surface area contributed by atoms with Crippen LogP contribution in [0, 0.1) is 28.6 Å². The maximum Gasteiger partial charge on any atom is 0.303 e. The summed E-state index contributed by atoms with van der Waals surface area (Å²) < 4.78 is 5.81. The van der Waals surface area contributed by atoms with E-state index in [0.29, 0.717) is 30.6 Å². The molecule has 0 heterocycles. The van der Waals surface area contributed by atoms with E-state index in [-0.39, 0.29) is 33.7 Å². The van der Waals surface area contributed by atoms with Gasteiger partial charge in [-0.05, 0) is 80.3 Å². The Morgan fingerprint density at radius 1 is 1.11 bits per heavy atom. The Balaban J connectivity index is 1.73. The molecule has 0 aromatic rings. The van der Waals surface area contributed by atoms with Gasteiger partial charge in [0, 0.05) is 18.8 Å². The van der Waals surface area contributed by atoms with E-state index < -0.39 is 5.60 Å². The second-order valence-electron chi connectivity index (χ2n) is 10.0. The third-order valence-corrected chi connectivity index (χ3v) is 9.36. The Kier molecular flexibility index (Phi) is 4.61. The highest BCUT2D eigenvalue weighted by Gasteiger charge is 2.68. The van der Waals surface area contributed by atoms with Crippen LogP contribution < -0.4 is 0 Å². The predicted octanol–water partition coefficient (Wildman–Crippen LogP) is 4.63. The molecule has 7 atom stereocenters. The van der Waals surface area contributed by atoms with Gasteiger partial charge in [0.1, 0.15) is 0 Å². The number of Topliss-reactive ketones (excluding diaryl/α,β-unsaturated/α-hetero) is 1. The van der Waals surface area contributed by atoms with Crippen molar-refractivity contribution in [2.45, 2.75) is 83.6 Å². The second kappa shape index (κ2) is 6.42. The van der Waals surface area contributed by atoms with Crippen LogP contribution in [0.2, 0.25) is 0 Å². The number of allylic oxidation sites excluding steroid dienone is 1. The minimum Gasteiger partial charge on any atom is -0.451 e. The van der Waals surface area contributed by atoms with Crippen LogP contribution in [0.4, 0.5) is 0 Å². The minimum atomic E-state index is -1.00. The van der Waals surface area contributed by atoms with E-state index in [1.165, 1.54) is 6.92 Å². The molecule has 0 aromatic carbocycles. The quantitative estimate of drug-likeness (QED) is 0.495. The standard InChI is InChI=1S/C23H31ClO4/c1-13(25)23(28-14(2)26)10-7-18-16-12-20(24)19-11-15(27)5-8-21(19,3)17(16)6-9-22(18,23)4/h11,16-18,20H,5-10,12H2,1-4H3/t16-,17+,18+,20-,21-,22+,23-/m1/s1. The van der Waals surface area contributed by atoms with Gasteiger partial charge in [0.05, 0.1) is 5.38 Å². The molecule has 154 valence electrons. The molecule has 0 unspecified atom stereocenters. The number of fused-ring (bicyclic) bond motifs is 5. The summed E-state index contributed by atoms with van der Waals surface area (Å²) in [7, 11) is 0. The average Bonchev–Trinajstić information content (AvgIpc) is 2.90. The summed E-state index contributed by atoms with van der Waals surface area (Å²) in [6.45, 7) is 7.42. The lowest BCUT2D eigenvalue weighted by Gasteiger charge is -2.60. The van der Waals surface area contributed by atoms with Crippen LogP contribution in [0.3, 0.4) is 0 Å². The van der Waals surface area contributed by atoms with E-state index in [9.17, 15) is 14.4 Å². The van der Waals surface area contributed by atoms with Gasteiger partial charge < -0.3 is 4.74 Å². The zero-order valence-electron chi connectivity index (χ0n) is 17.3. The van der Waals surface area contributed by atoms with Crippen molar-refractivity contribution >= 4 is 29.1 Å². The molecular weight excluding hydrogens is 376 g/mol. The highest BCUT2D eigenvalue weighted by molar-refractivity contribution is 6.23.